The van der Waals surface area contributed by atoms with Crippen LogP contribution in [-0.2, 0) is 18.4 Å². The molecule has 6 atom stereocenters. The van der Waals surface area contributed by atoms with Crippen LogP contribution < -0.4 is 0 Å². The van der Waals surface area contributed by atoms with Gasteiger partial charge in [-0.1, -0.05) is 73.5 Å². The highest BCUT2D eigenvalue weighted by atomic mass is 28.4. The molecule has 1 aliphatic rings. The highest BCUT2D eigenvalue weighted by molar-refractivity contribution is 6.74. The summed E-state index contributed by atoms with van der Waals surface area (Å²) in [6.45, 7) is 24.3. The molecule has 1 rings (SSSR count). The molecule has 1 saturated carbocycles. The van der Waals surface area contributed by atoms with Crippen LogP contribution in [0.15, 0.2) is 12.2 Å². The van der Waals surface area contributed by atoms with E-state index in [1.807, 2.05) is 6.08 Å². The summed E-state index contributed by atoms with van der Waals surface area (Å²) >= 11 is 0. The molecule has 0 spiro atoms. The number of carbonyl (C=O) groups excluding carboxylic acids is 1. The average molecular weight is 619 g/mol. The van der Waals surface area contributed by atoms with Crippen molar-refractivity contribution in [3.8, 4) is 0 Å². The molecular weight excluding hydrogens is 555 g/mol. The van der Waals surface area contributed by atoms with E-state index in [1.165, 1.54) is 7.11 Å². The SMILES string of the molecule is CCCC[C@H](F)[C@@H](CC[C@@H]1[C@@H]([C@H](F)/C=C\CCCC(=O)OC)CC[C@H]1O[Si](C)(C)C(C)(C)C)O[Si](C)(C)C(C)(C)C. The molecule has 41 heavy (non-hydrogen) atoms. The third-order valence-electron chi connectivity index (χ3n) is 10.0. The largest absolute Gasteiger partial charge is 0.469 e. The summed E-state index contributed by atoms with van der Waals surface area (Å²) in [7, 11) is -2.87. The van der Waals surface area contributed by atoms with E-state index in [4.69, 9.17) is 13.6 Å². The van der Waals surface area contributed by atoms with Crippen LogP contribution in [0.1, 0.15) is 113 Å². The Morgan fingerprint density at radius 3 is 2.10 bits per heavy atom. The number of hydrogen-bond acceptors (Lipinski definition) is 4. The van der Waals surface area contributed by atoms with Gasteiger partial charge in [0.1, 0.15) is 12.3 Å². The maximum atomic E-state index is 15.8. The van der Waals surface area contributed by atoms with Gasteiger partial charge in [0.25, 0.3) is 0 Å². The zero-order valence-corrected chi connectivity index (χ0v) is 30.6. The number of hydrogen-bond donors (Lipinski definition) is 0. The second-order valence-corrected chi connectivity index (χ2v) is 24.8. The van der Waals surface area contributed by atoms with Gasteiger partial charge in [0, 0.05) is 12.5 Å². The van der Waals surface area contributed by atoms with Gasteiger partial charge in [-0.15, -0.1) is 0 Å². The maximum absolute atomic E-state index is 15.8. The summed E-state index contributed by atoms with van der Waals surface area (Å²) in [5.41, 5.74) is 0. The van der Waals surface area contributed by atoms with Gasteiger partial charge < -0.3 is 13.6 Å². The Kier molecular flexibility index (Phi) is 15.5. The number of alkyl halides is 2. The van der Waals surface area contributed by atoms with E-state index in [1.54, 1.807) is 6.08 Å². The summed E-state index contributed by atoms with van der Waals surface area (Å²) in [5, 5.41) is 0.0464. The number of unbranched alkanes of at least 4 members (excludes halogenated alkanes) is 2. The minimum absolute atomic E-state index is 0.0116. The number of carbonyl (C=O) groups is 1. The molecular formula is C33H64F2O4Si2. The first-order chi connectivity index (χ1) is 18.8. The monoisotopic (exact) mass is 618 g/mol. The van der Waals surface area contributed by atoms with Gasteiger partial charge in [0.2, 0.25) is 0 Å². The first-order valence-corrected chi connectivity index (χ1v) is 22.0. The van der Waals surface area contributed by atoms with Gasteiger partial charge in [-0.2, -0.15) is 0 Å². The Balaban J connectivity index is 3.17. The van der Waals surface area contributed by atoms with Crippen LogP contribution in [0.5, 0.6) is 0 Å². The van der Waals surface area contributed by atoms with Gasteiger partial charge in [0.15, 0.2) is 16.6 Å². The zero-order valence-electron chi connectivity index (χ0n) is 28.6. The maximum Gasteiger partial charge on any atom is 0.305 e. The third-order valence-corrected chi connectivity index (χ3v) is 19.1. The first kappa shape index (κ1) is 38.4. The molecule has 1 fully saturated rings. The molecule has 0 aromatic heterocycles. The third kappa shape index (κ3) is 12.1. The number of esters is 1. The van der Waals surface area contributed by atoms with E-state index in [9.17, 15) is 4.79 Å². The van der Waals surface area contributed by atoms with E-state index in [2.05, 4.69) is 74.7 Å². The van der Waals surface area contributed by atoms with Crippen LogP contribution in [0.2, 0.25) is 36.3 Å². The molecule has 8 heteroatoms. The van der Waals surface area contributed by atoms with Gasteiger partial charge >= 0.3 is 5.97 Å². The quantitative estimate of drug-likeness (QED) is 0.0704. The summed E-state index contributed by atoms with van der Waals surface area (Å²) in [6, 6.07) is 0. The van der Waals surface area contributed by atoms with E-state index in [0.717, 1.165) is 25.7 Å². The fourth-order valence-electron chi connectivity index (χ4n) is 5.20. The van der Waals surface area contributed by atoms with Crippen molar-refractivity contribution in [3.05, 3.63) is 12.2 Å². The van der Waals surface area contributed by atoms with Crippen LogP contribution in [0.4, 0.5) is 8.78 Å². The van der Waals surface area contributed by atoms with Crippen molar-refractivity contribution in [2.75, 3.05) is 7.11 Å². The summed E-state index contributed by atoms with van der Waals surface area (Å²) in [5.74, 6) is -0.386. The zero-order chi connectivity index (χ0) is 31.6. The highest BCUT2D eigenvalue weighted by Gasteiger charge is 2.47. The molecule has 0 N–H and O–H groups in total. The van der Waals surface area contributed by atoms with Crippen molar-refractivity contribution in [2.45, 2.75) is 173 Å². The van der Waals surface area contributed by atoms with Crippen molar-refractivity contribution >= 4 is 22.6 Å². The highest BCUT2D eigenvalue weighted by Crippen LogP contribution is 2.46. The molecule has 1 aliphatic carbocycles. The molecule has 0 bridgehead atoms. The van der Waals surface area contributed by atoms with E-state index < -0.39 is 35.1 Å². The van der Waals surface area contributed by atoms with Crippen molar-refractivity contribution < 1.29 is 27.2 Å². The molecule has 0 heterocycles. The van der Waals surface area contributed by atoms with Gasteiger partial charge in [-0.25, -0.2) is 8.78 Å². The molecule has 4 nitrogen and oxygen atoms in total. The average Bonchev–Trinajstić information content (AvgIpc) is 3.24. The number of halogens is 2. The van der Waals surface area contributed by atoms with Crippen LogP contribution in [0.25, 0.3) is 0 Å². The second kappa shape index (κ2) is 16.5. The van der Waals surface area contributed by atoms with Crippen molar-refractivity contribution in [3.63, 3.8) is 0 Å². The molecule has 0 unspecified atom stereocenters. The number of allylic oxidation sites excluding steroid dienone is 2. The molecule has 0 saturated heterocycles. The molecule has 0 amide bonds. The fourth-order valence-corrected chi connectivity index (χ4v) is 7.98. The summed E-state index contributed by atoms with van der Waals surface area (Å²) in [6.07, 6.45) is 7.75. The minimum Gasteiger partial charge on any atom is -0.469 e. The lowest BCUT2D eigenvalue weighted by Crippen LogP contribution is -2.47. The lowest BCUT2D eigenvalue weighted by molar-refractivity contribution is -0.140. The Bertz CT molecular complexity index is 804. The van der Waals surface area contributed by atoms with Crippen LogP contribution in [0.3, 0.4) is 0 Å². The standard InChI is InChI=1S/C33H64F2O4Si2/c1-13-14-18-28(35)30(39-41(11,12)33(5,6)7)24-22-26-25(27(34)19-16-15-17-20-31(36)37-8)21-23-29(26)38-40(9,10)32(2,3)4/h16,19,25-30H,13-15,17-18,20-24H2,1-12H3/b19-16-/t25-,26+,27+,28-,29+,30+/m0/s1. The van der Waals surface area contributed by atoms with E-state index in [-0.39, 0.29) is 34.0 Å². The van der Waals surface area contributed by atoms with E-state index in [0.29, 0.717) is 38.5 Å². The number of methoxy groups -OCH3 is 1. The van der Waals surface area contributed by atoms with Crippen LogP contribution >= 0.6 is 0 Å². The normalized spacial score (nSPS) is 23.1. The smallest absolute Gasteiger partial charge is 0.305 e. The lowest BCUT2D eigenvalue weighted by atomic mass is 9.85. The fraction of sp³-hybridized carbons (Fsp3) is 0.909. The molecule has 0 aromatic carbocycles. The van der Waals surface area contributed by atoms with Crippen LogP contribution in [0, 0.1) is 11.8 Å². The Morgan fingerprint density at radius 2 is 1.56 bits per heavy atom. The van der Waals surface area contributed by atoms with Crippen molar-refractivity contribution in [1.29, 1.82) is 0 Å². The van der Waals surface area contributed by atoms with E-state index >= 15 is 8.78 Å². The summed E-state index contributed by atoms with van der Waals surface area (Å²) < 4.78 is 49.8. The van der Waals surface area contributed by atoms with Gasteiger partial charge in [-0.05, 0) is 93.0 Å². The van der Waals surface area contributed by atoms with Crippen molar-refractivity contribution in [1.82, 2.24) is 0 Å². The second-order valence-electron chi connectivity index (χ2n) is 15.3. The molecule has 0 radical (unpaired) electrons. The Hall–Kier alpha value is -0.576. The van der Waals surface area contributed by atoms with Gasteiger partial charge in [-0.3, -0.25) is 4.79 Å². The van der Waals surface area contributed by atoms with Crippen molar-refractivity contribution in [2.24, 2.45) is 11.8 Å². The molecule has 0 aromatic rings. The first-order valence-electron chi connectivity index (χ1n) is 16.1. The number of ether oxygens (including phenoxy) is 1. The van der Waals surface area contributed by atoms with Crippen LogP contribution in [-0.4, -0.2) is 54.3 Å². The Morgan fingerprint density at radius 1 is 0.951 bits per heavy atom. The van der Waals surface area contributed by atoms with Gasteiger partial charge in [0.05, 0.1) is 13.2 Å². The lowest BCUT2D eigenvalue weighted by Gasteiger charge is -2.42. The number of rotatable bonds is 17. The Labute approximate surface area is 254 Å². The minimum atomic E-state index is -2.18. The summed E-state index contributed by atoms with van der Waals surface area (Å²) in [4.78, 5) is 11.4. The predicted molar refractivity (Wildman–Crippen MR) is 174 cm³/mol. The topological polar surface area (TPSA) is 44.8 Å². The molecule has 0 aliphatic heterocycles. The predicted octanol–water partition coefficient (Wildman–Crippen LogP) is 10.3. The molecule has 242 valence electrons.